The maximum absolute atomic E-state index is 13.4. The molecule has 0 aliphatic carbocycles. The van der Waals surface area contributed by atoms with Crippen LogP contribution >= 0.6 is 0 Å². The number of halogens is 2. The third-order valence-electron chi connectivity index (χ3n) is 10.2. The van der Waals surface area contributed by atoms with Crippen LogP contribution in [0.2, 0.25) is 0 Å². The molecule has 2 saturated heterocycles. The molecule has 53 heavy (non-hydrogen) atoms. The number of oxazole rings is 2. The largest absolute Gasteiger partial charge is 0.460 e. The van der Waals surface area contributed by atoms with Gasteiger partial charge in [-0.05, 0) is 117 Å². The molecule has 2 fully saturated rings. The first kappa shape index (κ1) is 34.4. The molecule has 0 saturated carbocycles. The van der Waals surface area contributed by atoms with E-state index in [1.54, 1.807) is 6.07 Å². The highest BCUT2D eigenvalue weighted by Gasteiger charge is 2.25. The number of carbonyl (C=O) groups is 1. The third kappa shape index (κ3) is 6.86. The summed E-state index contributed by atoms with van der Waals surface area (Å²) in [6.45, 7) is 4.25. The number of nitrogens with one attached hydrogen (secondary N) is 1. The molecule has 4 aromatic carbocycles. The highest BCUT2D eigenvalue weighted by atomic mass is 19.3. The highest BCUT2D eigenvalue weighted by molar-refractivity contribution is 5.86. The van der Waals surface area contributed by atoms with Crippen LogP contribution in [0.1, 0.15) is 53.5 Å². The molecule has 0 bridgehead atoms. The minimum atomic E-state index is -3.08. The van der Waals surface area contributed by atoms with Gasteiger partial charge in [-0.2, -0.15) is 14.0 Å². The molecule has 10 nitrogen and oxygen atoms in total. The number of likely N-dealkylation sites (tertiary alicyclic amines) is 1. The molecule has 12 heteroatoms. The van der Waals surface area contributed by atoms with Gasteiger partial charge in [0, 0.05) is 29.3 Å². The average molecular weight is 718 g/mol. The van der Waals surface area contributed by atoms with Crippen LogP contribution in [0.5, 0.6) is 5.75 Å². The molecule has 0 amide bonds. The van der Waals surface area contributed by atoms with Crippen LogP contribution in [0.4, 0.5) is 8.78 Å². The van der Waals surface area contributed by atoms with Crippen LogP contribution in [0.25, 0.3) is 56.2 Å². The molecule has 4 heterocycles. The summed E-state index contributed by atoms with van der Waals surface area (Å²) >= 11 is 0. The van der Waals surface area contributed by atoms with Crippen LogP contribution in [0.15, 0.2) is 69.5 Å². The van der Waals surface area contributed by atoms with E-state index >= 15 is 0 Å². The maximum atomic E-state index is 13.4. The van der Waals surface area contributed by atoms with Crippen molar-refractivity contribution in [3.05, 3.63) is 88.5 Å². The van der Waals surface area contributed by atoms with Crippen molar-refractivity contribution in [2.45, 2.75) is 65.3 Å². The van der Waals surface area contributed by atoms with Gasteiger partial charge in [0.05, 0.1) is 5.56 Å². The van der Waals surface area contributed by atoms with Gasteiger partial charge in [0.2, 0.25) is 11.8 Å². The molecule has 1 atom stereocenters. The lowest BCUT2D eigenvalue weighted by Gasteiger charge is -2.14. The summed E-state index contributed by atoms with van der Waals surface area (Å²) in [5, 5.41) is 13.0. The molecule has 2 aliphatic heterocycles. The van der Waals surface area contributed by atoms with E-state index in [-0.39, 0.29) is 23.5 Å². The quantitative estimate of drug-likeness (QED) is 0.138. The number of hydrogen-bond donors (Lipinski definition) is 1. The molecular weight excluding hydrogens is 680 g/mol. The predicted octanol–water partition coefficient (Wildman–Crippen LogP) is 8.45. The molecule has 0 radical (unpaired) electrons. The van der Waals surface area contributed by atoms with Gasteiger partial charge in [-0.25, -0.2) is 9.97 Å². The smallest absolute Gasteiger partial charge is 0.387 e. The summed E-state index contributed by atoms with van der Waals surface area (Å²) in [7, 11) is 0. The fraction of sp³-hybridized carbons (Fsp3) is 0.317. The third-order valence-corrected chi connectivity index (χ3v) is 10.2. The van der Waals surface area contributed by atoms with Crippen molar-refractivity contribution >= 4 is 28.2 Å². The Bertz CT molecular complexity index is 2380. The second-order valence-corrected chi connectivity index (χ2v) is 13.6. The molecule has 270 valence electrons. The maximum Gasteiger partial charge on any atom is 0.387 e. The summed E-state index contributed by atoms with van der Waals surface area (Å²) in [5.74, 6) is 0.144. The molecule has 2 aromatic heterocycles. The first-order chi connectivity index (χ1) is 25.7. The minimum absolute atomic E-state index is 0.149. The van der Waals surface area contributed by atoms with Gasteiger partial charge in [-0.15, -0.1) is 0 Å². The number of aromatic nitrogens is 2. The zero-order chi connectivity index (χ0) is 36.6. The molecular formula is C41H37F2N5O5. The summed E-state index contributed by atoms with van der Waals surface area (Å²) < 4.78 is 49.5. The van der Waals surface area contributed by atoms with E-state index in [9.17, 15) is 18.8 Å². The van der Waals surface area contributed by atoms with Crippen molar-refractivity contribution in [3.63, 3.8) is 0 Å². The van der Waals surface area contributed by atoms with Gasteiger partial charge < -0.3 is 23.6 Å². The lowest BCUT2D eigenvalue weighted by atomic mass is 9.91. The SMILES string of the molecule is Cc1c(-c2nc3cc(COC(=O)[C@@H]4CCCN4)c(OC(F)F)cc3o2)cccc1-c1cccc(-c2nc3cc(CN4CCCC4)cc(C#N)c3o2)c1C. The summed E-state index contributed by atoms with van der Waals surface area (Å²) in [4.78, 5) is 24.5. The van der Waals surface area contributed by atoms with E-state index in [0.29, 0.717) is 45.9 Å². The van der Waals surface area contributed by atoms with Crippen molar-refractivity contribution in [2.24, 2.45) is 0 Å². The lowest BCUT2D eigenvalue weighted by molar-refractivity contribution is -0.147. The number of hydrogen-bond acceptors (Lipinski definition) is 10. The van der Waals surface area contributed by atoms with Crippen LogP contribution in [0, 0.1) is 25.2 Å². The van der Waals surface area contributed by atoms with Crippen molar-refractivity contribution in [2.75, 3.05) is 19.6 Å². The minimum Gasteiger partial charge on any atom is -0.460 e. The molecule has 1 N–H and O–H groups in total. The Labute approximate surface area is 304 Å². The first-order valence-electron chi connectivity index (χ1n) is 17.8. The normalized spacial score (nSPS) is 16.2. The Morgan fingerprint density at radius 2 is 1.62 bits per heavy atom. The van der Waals surface area contributed by atoms with Crippen LogP contribution in [0.3, 0.4) is 0 Å². The van der Waals surface area contributed by atoms with Gasteiger partial charge in [-0.1, -0.05) is 24.3 Å². The first-order valence-corrected chi connectivity index (χ1v) is 17.8. The van der Waals surface area contributed by atoms with Crippen molar-refractivity contribution in [1.82, 2.24) is 20.2 Å². The average Bonchev–Trinajstić information content (AvgIpc) is 3.98. The predicted molar refractivity (Wildman–Crippen MR) is 194 cm³/mol. The van der Waals surface area contributed by atoms with E-state index in [4.69, 9.17) is 28.3 Å². The molecule has 2 aliphatic rings. The number of benzene rings is 4. The van der Waals surface area contributed by atoms with Gasteiger partial charge in [0.15, 0.2) is 11.2 Å². The van der Waals surface area contributed by atoms with Gasteiger partial charge in [0.1, 0.15) is 35.5 Å². The van der Waals surface area contributed by atoms with Gasteiger partial charge in [-0.3, -0.25) is 9.69 Å². The Hall–Kier alpha value is -5.64. The number of fused-ring (bicyclic) bond motifs is 2. The summed E-state index contributed by atoms with van der Waals surface area (Å²) in [6.07, 6.45) is 3.90. The van der Waals surface area contributed by atoms with E-state index in [0.717, 1.165) is 66.0 Å². The van der Waals surface area contributed by atoms with Gasteiger partial charge in [0.25, 0.3) is 0 Å². The molecule has 6 aromatic rings. The van der Waals surface area contributed by atoms with E-state index in [1.807, 2.05) is 62.4 Å². The van der Waals surface area contributed by atoms with Crippen LogP contribution in [-0.4, -0.2) is 53.1 Å². The number of rotatable bonds is 10. The van der Waals surface area contributed by atoms with Crippen molar-refractivity contribution in [3.8, 4) is 45.9 Å². The molecule has 0 unspecified atom stereocenters. The lowest BCUT2D eigenvalue weighted by Crippen LogP contribution is -2.32. The standard InChI is InChI=1S/C41H37F2N5O5/c1-23-28(29-9-6-11-31(24(29)2)39-47-34-17-25(21-48-14-3-4-15-48)16-26(20-44)37(34)53-39)8-5-10-30(23)38-46-33-18-27(22-50-40(49)32-12-7-13-45-32)35(52-41(42)43)19-36(33)51-38/h5-6,8-11,16-19,32,41,45H,3-4,7,12-15,21-22H2,1-2H3/t32-/m0/s1. The fourth-order valence-electron chi connectivity index (χ4n) is 7.47. The zero-order valence-electron chi connectivity index (χ0n) is 29.4. The van der Waals surface area contributed by atoms with Gasteiger partial charge >= 0.3 is 12.6 Å². The van der Waals surface area contributed by atoms with E-state index in [2.05, 4.69) is 16.3 Å². The number of ether oxygens (including phenoxy) is 2. The Morgan fingerprint density at radius 3 is 2.28 bits per heavy atom. The zero-order valence-corrected chi connectivity index (χ0v) is 29.4. The fourth-order valence-corrected chi connectivity index (χ4v) is 7.47. The Kier molecular flexibility index (Phi) is 9.37. The number of alkyl halides is 2. The second kappa shape index (κ2) is 14.4. The van der Waals surface area contributed by atoms with E-state index in [1.165, 1.54) is 18.9 Å². The van der Waals surface area contributed by atoms with Crippen LogP contribution in [-0.2, 0) is 22.7 Å². The Balaban J connectivity index is 1.11. The van der Waals surface area contributed by atoms with Crippen molar-refractivity contribution in [1.29, 1.82) is 5.26 Å². The number of carbonyl (C=O) groups excluding carboxylic acids is 1. The van der Waals surface area contributed by atoms with Crippen LogP contribution < -0.4 is 10.1 Å². The number of nitriles is 1. The molecule has 8 rings (SSSR count). The van der Waals surface area contributed by atoms with Crippen molar-refractivity contribution < 1.29 is 31.9 Å². The Morgan fingerprint density at radius 1 is 0.943 bits per heavy atom. The highest BCUT2D eigenvalue weighted by Crippen LogP contribution is 2.39. The topological polar surface area (TPSA) is 127 Å². The van der Waals surface area contributed by atoms with E-state index < -0.39 is 18.6 Å². The summed E-state index contributed by atoms with van der Waals surface area (Å²) in [6, 6.07) is 20.4. The monoisotopic (exact) mass is 717 g/mol. The molecule has 0 spiro atoms. The number of esters is 1. The second-order valence-electron chi connectivity index (χ2n) is 13.6. The number of nitrogens with zero attached hydrogens (tertiary/aromatic N) is 4. The summed E-state index contributed by atoms with van der Waals surface area (Å²) in [5.41, 5.74) is 8.78.